The lowest BCUT2D eigenvalue weighted by Crippen LogP contribution is -2.38. The molecule has 0 bridgehead atoms. The maximum atomic E-state index is 10.5. The van der Waals surface area contributed by atoms with Gasteiger partial charge in [-0.25, -0.2) is 4.98 Å². The monoisotopic (exact) mass is 303 g/mol. The molecule has 0 unspecified atom stereocenters. The van der Waals surface area contributed by atoms with Crippen LogP contribution in [0.3, 0.4) is 0 Å². The van der Waals surface area contributed by atoms with Crippen LogP contribution < -0.4 is 16.2 Å². The Morgan fingerprint density at radius 3 is 2.62 bits per heavy atom. The Labute approximate surface area is 126 Å². The van der Waals surface area contributed by atoms with Crippen LogP contribution in [0.2, 0.25) is 0 Å². The van der Waals surface area contributed by atoms with E-state index in [4.69, 9.17) is 12.2 Å². The third-order valence-electron chi connectivity index (χ3n) is 2.56. The first-order valence-corrected chi connectivity index (χ1v) is 6.50. The molecule has 0 fully saturated rings. The van der Waals surface area contributed by atoms with Crippen molar-refractivity contribution in [2.45, 2.75) is 6.54 Å². The Morgan fingerprint density at radius 1 is 1.24 bits per heavy atom. The lowest BCUT2D eigenvalue weighted by molar-refractivity contribution is -0.385. The molecule has 0 aliphatic rings. The van der Waals surface area contributed by atoms with Gasteiger partial charge in [-0.1, -0.05) is 30.3 Å². The lowest BCUT2D eigenvalue weighted by Gasteiger charge is -2.11. The predicted molar refractivity (Wildman–Crippen MR) is 83.5 cm³/mol. The molecular weight excluding hydrogens is 290 g/mol. The molecule has 0 saturated heterocycles. The molecule has 108 valence electrons. The fourth-order valence-electron chi connectivity index (χ4n) is 1.51. The number of hydrogen-bond acceptors (Lipinski definition) is 5. The van der Waals surface area contributed by atoms with E-state index in [0.717, 1.165) is 5.56 Å². The van der Waals surface area contributed by atoms with E-state index in [-0.39, 0.29) is 5.69 Å². The van der Waals surface area contributed by atoms with Gasteiger partial charge in [-0.15, -0.1) is 0 Å². The lowest BCUT2D eigenvalue weighted by atomic mass is 10.2. The SMILES string of the molecule is O=[N+]([O-])c1ccc(NNC(=S)NCc2ccccc2)nc1. The molecule has 1 heterocycles. The number of rotatable bonds is 5. The van der Waals surface area contributed by atoms with Crippen molar-refractivity contribution in [1.82, 2.24) is 15.7 Å². The molecule has 21 heavy (non-hydrogen) atoms. The minimum Gasteiger partial charge on any atom is -0.357 e. The number of nitrogens with one attached hydrogen (secondary N) is 3. The van der Waals surface area contributed by atoms with Gasteiger partial charge in [-0.2, -0.15) is 0 Å². The molecule has 1 aromatic heterocycles. The fourth-order valence-corrected chi connectivity index (χ4v) is 1.63. The van der Waals surface area contributed by atoms with E-state index in [1.807, 2.05) is 30.3 Å². The van der Waals surface area contributed by atoms with Crippen LogP contribution in [0, 0.1) is 10.1 Å². The van der Waals surface area contributed by atoms with E-state index < -0.39 is 4.92 Å². The van der Waals surface area contributed by atoms with Crippen molar-refractivity contribution in [3.05, 3.63) is 64.3 Å². The number of hydrogen-bond donors (Lipinski definition) is 3. The summed E-state index contributed by atoms with van der Waals surface area (Å²) in [5.41, 5.74) is 6.56. The fraction of sp³-hybridized carbons (Fsp3) is 0.0769. The summed E-state index contributed by atoms with van der Waals surface area (Å²) in [7, 11) is 0. The highest BCUT2D eigenvalue weighted by atomic mass is 32.1. The first kappa shape index (κ1) is 14.7. The van der Waals surface area contributed by atoms with Gasteiger partial charge >= 0.3 is 0 Å². The van der Waals surface area contributed by atoms with Crippen molar-refractivity contribution in [3.63, 3.8) is 0 Å². The molecule has 0 saturated carbocycles. The minimum absolute atomic E-state index is 0.0645. The quantitative estimate of drug-likeness (QED) is 0.442. The highest BCUT2D eigenvalue weighted by Crippen LogP contribution is 2.10. The van der Waals surface area contributed by atoms with E-state index in [0.29, 0.717) is 17.5 Å². The Kier molecular flexibility index (Phi) is 4.99. The largest absolute Gasteiger partial charge is 0.357 e. The molecule has 0 atom stereocenters. The first-order valence-electron chi connectivity index (χ1n) is 6.09. The van der Waals surface area contributed by atoms with Gasteiger partial charge in [0.15, 0.2) is 5.11 Å². The van der Waals surface area contributed by atoms with Gasteiger partial charge in [0.1, 0.15) is 12.0 Å². The minimum atomic E-state index is -0.504. The molecule has 0 aliphatic heterocycles. The topological polar surface area (TPSA) is 92.1 Å². The predicted octanol–water partition coefficient (Wildman–Crippen LogP) is 1.98. The maximum Gasteiger partial charge on any atom is 0.287 e. The van der Waals surface area contributed by atoms with Gasteiger partial charge in [0, 0.05) is 12.6 Å². The third kappa shape index (κ3) is 4.69. The second-order valence-electron chi connectivity index (χ2n) is 4.08. The van der Waals surface area contributed by atoms with E-state index >= 15 is 0 Å². The van der Waals surface area contributed by atoms with Crippen LogP contribution in [-0.2, 0) is 6.54 Å². The number of anilines is 1. The second-order valence-corrected chi connectivity index (χ2v) is 4.49. The zero-order valence-corrected chi connectivity index (χ0v) is 11.8. The standard InChI is InChI=1S/C13H13N5O2S/c19-18(20)11-6-7-12(14-9-11)16-17-13(21)15-8-10-4-2-1-3-5-10/h1-7,9H,8H2,(H,14,16)(H2,15,17,21). The number of benzene rings is 1. The Morgan fingerprint density at radius 2 is 2.00 bits per heavy atom. The molecule has 3 N–H and O–H groups in total. The highest BCUT2D eigenvalue weighted by Gasteiger charge is 2.05. The van der Waals surface area contributed by atoms with Crippen molar-refractivity contribution >= 4 is 28.8 Å². The first-order chi connectivity index (χ1) is 10.1. The zero-order valence-electron chi connectivity index (χ0n) is 10.9. The van der Waals surface area contributed by atoms with Gasteiger partial charge in [-0.3, -0.25) is 21.0 Å². The molecule has 8 heteroatoms. The van der Waals surface area contributed by atoms with Gasteiger partial charge in [0.25, 0.3) is 5.69 Å². The zero-order chi connectivity index (χ0) is 15.1. The molecule has 0 radical (unpaired) electrons. The van der Waals surface area contributed by atoms with Gasteiger partial charge in [0.2, 0.25) is 0 Å². The van der Waals surface area contributed by atoms with Crippen LogP contribution >= 0.6 is 12.2 Å². The van der Waals surface area contributed by atoms with Gasteiger partial charge in [0.05, 0.1) is 4.92 Å². The Bertz CT molecular complexity index is 618. The summed E-state index contributed by atoms with van der Waals surface area (Å²) in [6, 6.07) is 12.7. The summed E-state index contributed by atoms with van der Waals surface area (Å²) in [4.78, 5) is 13.9. The highest BCUT2D eigenvalue weighted by molar-refractivity contribution is 7.80. The van der Waals surface area contributed by atoms with Crippen LogP contribution in [0.25, 0.3) is 0 Å². The summed E-state index contributed by atoms with van der Waals surface area (Å²) >= 11 is 5.10. The van der Waals surface area contributed by atoms with Crippen molar-refractivity contribution in [3.8, 4) is 0 Å². The molecular formula is C13H13N5O2S. The normalized spacial score (nSPS) is 9.71. The van der Waals surface area contributed by atoms with E-state index in [1.165, 1.54) is 18.3 Å². The van der Waals surface area contributed by atoms with Crippen LogP contribution in [0.1, 0.15) is 5.56 Å². The van der Waals surface area contributed by atoms with Gasteiger partial charge < -0.3 is 5.32 Å². The van der Waals surface area contributed by atoms with Crippen LogP contribution in [-0.4, -0.2) is 15.0 Å². The summed E-state index contributed by atoms with van der Waals surface area (Å²) < 4.78 is 0. The second kappa shape index (κ2) is 7.15. The van der Waals surface area contributed by atoms with Crippen molar-refractivity contribution in [2.75, 3.05) is 5.43 Å². The van der Waals surface area contributed by atoms with Crippen LogP contribution in [0.5, 0.6) is 0 Å². The molecule has 0 aliphatic carbocycles. The van der Waals surface area contributed by atoms with Crippen molar-refractivity contribution < 1.29 is 4.92 Å². The molecule has 2 rings (SSSR count). The van der Waals surface area contributed by atoms with E-state index in [2.05, 4.69) is 21.2 Å². The average Bonchev–Trinajstić information content (AvgIpc) is 2.52. The third-order valence-corrected chi connectivity index (χ3v) is 2.81. The molecule has 7 nitrogen and oxygen atoms in total. The van der Waals surface area contributed by atoms with E-state index in [9.17, 15) is 10.1 Å². The van der Waals surface area contributed by atoms with E-state index in [1.54, 1.807) is 0 Å². The molecule has 0 spiro atoms. The van der Waals surface area contributed by atoms with Crippen LogP contribution in [0.4, 0.5) is 11.5 Å². The molecule has 1 aromatic carbocycles. The summed E-state index contributed by atoms with van der Waals surface area (Å²) in [5, 5.41) is 13.9. The summed E-state index contributed by atoms with van der Waals surface area (Å²) in [5.74, 6) is 0.435. The van der Waals surface area contributed by atoms with Crippen molar-refractivity contribution in [1.29, 1.82) is 0 Å². The number of pyridine rings is 1. The number of hydrazine groups is 1. The number of nitrogens with zero attached hydrogens (tertiary/aromatic N) is 2. The smallest absolute Gasteiger partial charge is 0.287 e. The molecule has 0 amide bonds. The summed E-state index contributed by atoms with van der Waals surface area (Å²) in [6.07, 6.45) is 1.17. The van der Waals surface area contributed by atoms with Crippen molar-refractivity contribution in [2.24, 2.45) is 0 Å². The number of nitro groups is 1. The number of aromatic nitrogens is 1. The average molecular weight is 303 g/mol. The number of thiocarbonyl (C=S) groups is 1. The Balaban J connectivity index is 1.77. The van der Waals surface area contributed by atoms with Gasteiger partial charge in [-0.05, 0) is 23.8 Å². The molecule has 2 aromatic rings. The summed E-state index contributed by atoms with van der Waals surface area (Å²) in [6.45, 7) is 0.599. The van der Waals surface area contributed by atoms with Crippen LogP contribution in [0.15, 0.2) is 48.7 Å². The Hall–Kier alpha value is -2.74. The maximum absolute atomic E-state index is 10.5.